The summed E-state index contributed by atoms with van der Waals surface area (Å²) in [5, 5.41) is 4.51. The van der Waals surface area contributed by atoms with Crippen LogP contribution in [0.25, 0.3) is 0 Å². The normalized spacial score (nSPS) is 17.4. The molecule has 1 saturated carbocycles. The lowest BCUT2D eigenvalue weighted by Crippen LogP contribution is -2.22. The summed E-state index contributed by atoms with van der Waals surface area (Å²) < 4.78 is 0. The summed E-state index contributed by atoms with van der Waals surface area (Å²) in [5.41, 5.74) is 1.27. The zero-order valence-electron chi connectivity index (χ0n) is 9.88. The van der Waals surface area contributed by atoms with Gasteiger partial charge in [-0.3, -0.25) is 0 Å². The van der Waals surface area contributed by atoms with Crippen molar-refractivity contribution in [2.24, 2.45) is 5.92 Å². The lowest BCUT2D eigenvalue weighted by Gasteiger charge is -2.20. The fourth-order valence-electron chi connectivity index (χ4n) is 2.08. The summed E-state index contributed by atoms with van der Waals surface area (Å²) in [7, 11) is 0. The Labute approximate surface area is 103 Å². The molecule has 1 aromatic rings. The van der Waals surface area contributed by atoms with Crippen molar-refractivity contribution in [3.8, 4) is 0 Å². The molecule has 1 N–H and O–H groups in total. The molecule has 1 unspecified atom stereocenters. The molecule has 1 nitrogen and oxygen atoms in total. The number of benzene rings is 1. The van der Waals surface area contributed by atoms with Crippen LogP contribution in [0, 0.1) is 5.92 Å². The van der Waals surface area contributed by atoms with Crippen LogP contribution in [-0.4, -0.2) is 6.54 Å². The molecule has 1 aliphatic carbocycles. The van der Waals surface area contributed by atoms with Crippen LogP contribution in [0.5, 0.6) is 0 Å². The van der Waals surface area contributed by atoms with Crippen molar-refractivity contribution < 1.29 is 0 Å². The molecular formula is C14H20ClN. The van der Waals surface area contributed by atoms with Crippen molar-refractivity contribution in [3.63, 3.8) is 0 Å². The number of halogens is 1. The van der Waals surface area contributed by atoms with Crippen LogP contribution in [0.1, 0.15) is 44.2 Å². The van der Waals surface area contributed by atoms with Gasteiger partial charge in [0, 0.05) is 11.1 Å². The Hall–Kier alpha value is -0.530. The Bertz CT molecular complexity index is 333. The zero-order chi connectivity index (χ0) is 11.4. The molecule has 1 aliphatic rings. The fourth-order valence-corrected chi connectivity index (χ4v) is 2.35. The van der Waals surface area contributed by atoms with Gasteiger partial charge in [0.2, 0.25) is 0 Å². The van der Waals surface area contributed by atoms with Crippen LogP contribution >= 0.6 is 11.6 Å². The van der Waals surface area contributed by atoms with E-state index in [0.29, 0.717) is 6.04 Å². The average molecular weight is 238 g/mol. The van der Waals surface area contributed by atoms with Gasteiger partial charge < -0.3 is 5.32 Å². The van der Waals surface area contributed by atoms with Gasteiger partial charge in [0.05, 0.1) is 0 Å². The molecule has 0 aromatic heterocycles. The quantitative estimate of drug-likeness (QED) is 0.783. The van der Waals surface area contributed by atoms with Crippen molar-refractivity contribution in [3.05, 3.63) is 34.9 Å². The van der Waals surface area contributed by atoms with Gasteiger partial charge in [0.25, 0.3) is 0 Å². The minimum atomic E-state index is 0.446. The second-order valence-corrected chi connectivity index (χ2v) is 5.11. The highest BCUT2D eigenvalue weighted by Crippen LogP contribution is 2.38. The first-order chi connectivity index (χ1) is 7.81. The lowest BCUT2D eigenvalue weighted by molar-refractivity contribution is 0.474. The van der Waals surface area contributed by atoms with Gasteiger partial charge in [-0.25, -0.2) is 0 Å². The van der Waals surface area contributed by atoms with Crippen LogP contribution in [0.3, 0.4) is 0 Å². The molecule has 0 spiro atoms. The molecule has 0 bridgehead atoms. The summed E-state index contributed by atoms with van der Waals surface area (Å²) >= 11 is 6.26. The van der Waals surface area contributed by atoms with Gasteiger partial charge in [0.15, 0.2) is 0 Å². The highest BCUT2D eigenvalue weighted by atomic mass is 35.5. The molecule has 1 atom stereocenters. The predicted octanol–water partition coefficient (Wildman–Crippen LogP) is 4.18. The van der Waals surface area contributed by atoms with Crippen LogP contribution in [0.15, 0.2) is 24.3 Å². The van der Waals surface area contributed by atoms with Gasteiger partial charge in [-0.2, -0.15) is 0 Å². The van der Waals surface area contributed by atoms with E-state index in [1.807, 2.05) is 12.1 Å². The van der Waals surface area contributed by atoms with Crippen molar-refractivity contribution in [2.45, 2.75) is 38.6 Å². The van der Waals surface area contributed by atoms with E-state index in [1.165, 1.54) is 31.2 Å². The van der Waals surface area contributed by atoms with Gasteiger partial charge in [-0.05, 0) is 36.9 Å². The molecule has 1 fully saturated rings. The maximum Gasteiger partial charge on any atom is 0.0453 e. The molecule has 2 heteroatoms. The molecule has 1 aromatic carbocycles. The Balaban J connectivity index is 2.06. The molecule has 0 aliphatic heterocycles. The molecule has 16 heavy (non-hydrogen) atoms. The largest absolute Gasteiger partial charge is 0.310 e. The maximum atomic E-state index is 6.26. The first-order valence-electron chi connectivity index (χ1n) is 6.29. The summed E-state index contributed by atoms with van der Waals surface area (Å²) in [5.74, 6) is 0.922. The third-order valence-corrected chi connectivity index (χ3v) is 3.53. The molecule has 0 radical (unpaired) electrons. The van der Waals surface area contributed by atoms with Crippen molar-refractivity contribution in [2.75, 3.05) is 6.54 Å². The molecule has 0 amide bonds. The van der Waals surface area contributed by atoms with Gasteiger partial charge in [-0.15, -0.1) is 0 Å². The molecular weight excluding hydrogens is 218 g/mol. The van der Waals surface area contributed by atoms with E-state index in [1.54, 1.807) is 0 Å². The highest BCUT2D eigenvalue weighted by Gasteiger charge is 2.26. The standard InChI is InChI=1S/C14H20ClN/c1-2-9-16-14(10-11-7-8-11)12-5-3-4-6-13(12)15/h3-6,11,14,16H,2,7-10H2,1H3. The molecule has 2 rings (SSSR count). The maximum absolute atomic E-state index is 6.26. The molecule has 88 valence electrons. The fraction of sp³-hybridized carbons (Fsp3) is 0.571. The summed E-state index contributed by atoms with van der Waals surface area (Å²) in [6.07, 6.45) is 5.21. The van der Waals surface area contributed by atoms with Gasteiger partial charge in [0.1, 0.15) is 0 Å². The minimum Gasteiger partial charge on any atom is -0.310 e. The van der Waals surface area contributed by atoms with E-state index in [4.69, 9.17) is 11.6 Å². The first kappa shape index (κ1) is 11.9. The lowest BCUT2D eigenvalue weighted by atomic mass is 10.0. The third-order valence-electron chi connectivity index (χ3n) is 3.19. The van der Waals surface area contributed by atoms with E-state index in [0.717, 1.165) is 17.5 Å². The Kier molecular flexibility index (Phi) is 4.25. The van der Waals surface area contributed by atoms with Crippen LogP contribution < -0.4 is 5.32 Å². The third kappa shape index (κ3) is 3.23. The Morgan fingerprint density at radius 1 is 1.38 bits per heavy atom. The first-order valence-corrected chi connectivity index (χ1v) is 6.67. The number of rotatable bonds is 6. The number of nitrogens with one attached hydrogen (secondary N) is 1. The van der Waals surface area contributed by atoms with Gasteiger partial charge >= 0.3 is 0 Å². The Morgan fingerprint density at radius 3 is 2.75 bits per heavy atom. The van der Waals surface area contributed by atoms with E-state index < -0.39 is 0 Å². The van der Waals surface area contributed by atoms with E-state index in [-0.39, 0.29) is 0 Å². The Morgan fingerprint density at radius 2 is 2.12 bits per heavy atom. The predicted molar refractivity (Wildman–Crippen MR) is 69.8 cm³/mol. The van der Waals surface area contributed by atoms with Crippen molar-refractivity contribution in [1.82, 2.24) is 5.32 Å². The van der Waals surface area contributed by atoms with E-state index >= 15 is 0 Å². The second kappa shape index (κ2) is 5.70. The van der Waals surface area contributed by atoms with Crippen LogP contribution in [0.4, 0.5) is 0 Å². The molecule has 0 heterocycles. The van der Waals surface area contributed by atoms with Crippen molar-refractivity contribution in [1.29, 1.82) is 0 Å². The van der Waals surface area contributed by atoms with Gasteiger partial charge in [-0.1, -0.05) is 49.6 Å². The van der Waals surface area contributed by atoms with Crippen LogP contribution in [-0.2, 0) is 0 Å². The second-order valence-electron chi connectivity index (χ2n) is 4.71. The smallest absolute Gasteiger partial charge is 0.0453 e. The van der Waals surface area contributed by atoms with Crippen LogP contribution in [0.2, 0.25) is 5.02 Å². The SMILES string of the molecule is CCCNC(CC1CC1)c1ccccc1Cl. The minimum absolute atomic E-state index is 0.446. The van der Waals surface area contributed by atoms with E-state index in [2.05, 4.69) is 24.4 Å². The average Bonchev–Trinajstić information content (AvgIpc) is 3.09. The summed E-state index contributed by atoms with van der Waals surface area (Å²) in [4.78, 5) is 0. The monoisotopic (exact) mass is 237 g/mol. The summed E-state index contributed by atoms with van der Waals surface area (Å²) in [6, 6.07) is 8.66. The topological polar surface area (TPSA) is 12.0 Å². The highest BCUT2D eigenvalue weighted by molar-refractivity contribution is 6.31. The molecule has 0 saturated heterocycles. The summed E-state index contributed by atoms with van der Waals surface area (Å²) in [6.45, 7) is 3.27. The van der Waals surface area contributed by atoms with Crippen molar-refractivity contribution >= 4 is 11.6 Å². The zero-order valence-corrected chi connectivity index (χ0v) is 10.6. The number of hydrogen-bond donors (Lipinski definition) is 1. The van der Waals surface area contributed by atoms with E-state index in [9.17, 15) is 0 Å². The number of hydrogen-bond acceptors (Lipinski definition) is 1.